The molecule has 2 aromatic carbocycles. The zero-order valence-corrected chi connectivity index (χ0v) is 10.2. The van der Waals surface area contributed by atoms with E-state index in [-0.39, 0.29) is 10.6 Å². The Morgan fingerprint density at radius 3 is 2.17 bits per heavy atom. The Hall–Kier alpha value is -2.14. The average Bonchev–Trinajstić information content (AvgIpc) is 2.39. The Morgan fingerprint density at radius 2 is 1.56 bits per heavy atom. The van der Waals surface area contributed by atoms with E-state index in [1.54, 1.807) is 30.3 Å². The van der Waals surface area contributed by atoms with Crippen LogP contribution in [0.2, 0.25) is 0 Å². The van der Waals surface area contributed by atoms with Crippen LogP contribution in [0.5, 0.6) is 5.75 Å². The molecular weight excluding hydrogens is 250 g/mol. The third kappa shape index (κ3) is 2.95. The summed E-state index contributed by atoms with van der Waals surface area (Å²) in [6.07, 6.45) is 1.25. The van der Waals surface area contributed by atoms with E-state index in [0.29, 0.717) is 5.56 Å². The van der Waals surface area contributed by atoms with E-state index < -0.39 is 10.0 Å². The summed E-state index contributed by atoms with van der Waals surface area (Å²) in [7, 11) is -3.66. The Kier molecular flexibility index (Phi) is 3.43. The zero-order chi connectivity index (χ0) is 13.0. The molecule has 0 aliphatic carbocycles. The van der Waals surface area contributed by atoms with Gasteiger partial charge in [0.25, 0.3) is 10.0 Å². The van der Waals surface area contributed by atoms with Crippen molar-refractivity contribution in [3.05, 3.63) is 60.2 Å². The predicted octanol–water partition coefficient (Wildman–Crippen LogP) is 2.20. The van der Waals surface area contributed by atoms with Crippen molar-refractivity contribution in [2.75, 3.05) is 0 Å². The largest absolute Gasteiger partial charge is 0.508 e. The molecule has 0 aromatic heterocycles. The summed E-state index contributed by atoms with van der Waals surface area (Å²) in [6, 6.07) is 14.1. The van der Waals surface area contributed by atoms with E-state index in [1.807, 2.05) is 0 Å². The van der Waals surface area contributed by atoms with E-state index in [1.165, 1.54) is 30.5 Å². The number of phenolic OH excluding ortho intramolecular Hbond substituents is 1. The van der Waals surface area contributed by atoms with Gasteiger partial charge in [0.15, 0.2) is 0 Å². The van der Waals surface area contributed by atoms with Crippen molar-refractivity contribution < 1.29 is 13.5 Å². The Balaban J connectivity index is 2.26. The summed E-state index contributed by atoms with van der Waals surface area (Å²) in [5.41, 5.74) is 0.604. The molecule has 0 fully saturated rings. The second-order valence-electron chi connectivity index (χ2n) is 3.61. The summed E-state index contributed by atoms with van der Waals surface area (Å²) in [4.78, 5) is 0.153. The molecule has 0 saturated carbocycles. The highest BCUT2D eigenvalue weighted by molar-refractivity contribution is 7.90. The summed E-state index contributed by atoms with van der Waals surface area (Å²) in [5, 5.41) is 9.10. The molecule has 4 nitrogen and oxygen atoms in total. The third-order valence-corrected chi connectivity index (χ3v) is 3.53. The third-order valence-electron chi connectivity index (χ3n) is 2.27. The van der Waals surface area contributed by atoms with Crippen molar-refractivity contribution >= 4 is 16.2 Å². The first-order chi connectivity index (χ1) is 8.58. The van der Waals surface area contributed by atoms with Gasteiger partial charge in [0.05, 0.1) is 4.90 Å². The highest BCUT2D eigenvalue weighted by Crippen LogP contribution is 2.12. The van der Waals surface area contributed by atoms with E-state index >= 15 is 0 Å². The first-order valence-corrected chi connectivity index (χ1v) is 6.66. The van der Waals surface area contributed by atoms with Gasteiger partial charge in [-0.25, -0.2) is 0 Å². The van der Waals surface area contributed by atoms with Crippen LogP contribution >= 0.6 is 0 Å². The van der Waals surface area contributed by atoms with Crippen LogP contribution in [-0.2, 0) is 10.0 Å². The molecule has 0 atom stereocenters. The first-order valence-electron chi connectivity index (χ1n) is 5.22. The molecule has 2 aromatic rings. The van der Waals surface area contributed by atoms with Crippen LogP contribution in [0.15, 0.2) is 63.9 Å². The van der Waals surface area contributed by atoms with Crippen LogP contribution < -0.4 is 0 Å². The average molecular weight is 261 g/mol. The molecule has 0 amide bonds. The van der Waals surface area contributed by atoms with Crippen molar-refractivity contribution in [2.24, 2.45) is 4.40 Å². The molecule has 0 aliphatic rings. The predicted molar refractivity (Wildman–Crippen MR) is 69.3 cm³/mol. The number of benzene rings is 2. The number of aromatic hydroxyl groups is 1. The molecule has 0 saturated heterocycles. The van der Waals surface area contributed by atoms with Crippen molar-refractivity contribution in [1.29, 1.82) is 0 Å². The van der Waals surface area contributed by atoms with Crippen LogP contribution in [0.25, 0.3) is 0 Å². The Bertz CT molecular complexity index is 646. The van der Waals surface area contributed by atoms with Crippen molar-refractivity contribution in [2.45, 2.75) is 4.90 Å². The number of rotatable bonds is 3. The SMILES string of the molecule is O=S(=O)(/N=C/c1ccc(O)cc1)c1ccccc1. The fourth-order valence-electron chi connectivity index (χ4n) is 1.34. The van der Waals surface area contributed by atoms with E-state index in [9.17, 15) is 8.42 Å². The quantitative estimate of drug-likeness (QED) is 0.861. The maximum Gasteiger partial charge on any atom is 0.282 e. The molecule has 0 spiro atoms. The molecule has 5 heteroatoms. The molecule has 1 N–H and O–H groups in total. The first kappa shape index (κ1) is 12.3. The minimum absolute atomic E-state index is 0.123. The van der Waals surface area contributed by atoms with Crippen LogP contribution in [-0.4, -0.2) is 19.7 Å². The fourth-order valence-corrected chi connectivity index (χ4v) is 2.23. The maximum absolute atomic E-state index is 11.8. The molecule has 0 heterocycles. The monoisotopic (exact) mass is 261 g/mol. The molecule has 0 bridgehead atoms. The highest BCUT2D eigenvalue weighted by Gasteiger charge is 2.09. The summed E-state index contributed by atoms with van der Waals surface area (Å²) in [5.74, 6) is 0.123. The standard InChI is InChI=1S/C13H11NO3S/c15-12-8-6-11(7-9-12)10-14-18(16,17)13-4-2-1-3-5-13/h1-10,15H/b14-10+. The highest BCUT2D eigenvalue weighted by atomic mass is 32.2. The van der Waals surface area contributed by atoms with Gasteiger partial charge < -0.3 is 5.11 Å². The van der Waals surface area contributed by atoms with Crippen LogP contribution in [0.3, 0.4) is 0 Å². The van der Waals surface area contributed by atoms with Crippen molar-refractivity contribution in [1.82, 2.24) is 0 Å². The number of phenols is 1. The number of nitrogens with zero attached hydrogens (tertiary/aromatic N) is 1. The van der Waals surface area contributed by atoms with Gasteiger partial charge in [0, 0.05) is 6.21 Å². The van der Waals surface area contributed by atoms with Crippen LogP contribution in [0.1, 0.15) is 5.56 Å². The molecule has 2 rings (SSSR count). The number of hydrogen-bond donors (Lipinski definition) is 1. The second kappa shape index (κ2) is 5.01. The number of sulfonamides is 1. The van der Waals surface area contributed by atoms with Gasteiger partial charge in [-0.15, -0.1) is 0 Å². The summed E-state index contributed by atoms with van der Waals surface area (Å²) >= 11 is 0. The van der Waals surface area contributed by atoms with Gasteiger partial charge >= 0.3 is 0 Å². The zero-order valence-electron chi connectivity index (χ0n) is 9.39. The molecule has 18 heavy (non-hydrogen) atoms. The van der Waals surface area contributed by atoms with Gasteiger partial charge in [-0.1, -0.05) is 18.2 Å². The van der Waals surface area contributed by atoms with Gasteiger partial charge in [-0.3, -0.25) is 0 Å². The van der Waals surface area contributed by atoms with Gasteiger partial charge in [0.1, 0.15) is 5.75 Å². The lowest BCUT2D eigenvalue weighted by Gasteiger charge is -1.97. The lowest BCUT2D eigenvalue weighted by Crippen LogP contribution is -1.97. The van der Waals surface area contributed by atoms with Gasteiger partial charge in [0.2, 0.25) is 0 Å². The summed E-state index contributed by atoms with van der Waals surface area (Å²) in [6.45, 7) is 0. The number of hydrogen-bond acceptors (Lipinski definition) is 3. The van der Waals surface area contributed by atoms with Crippen molar-refractivity contribution in [3.8, 4) is 5.75 Å². The fraction of sp³-hybridized carbons (Fsp3) is 0. The topological polar surface area (TPSA) is 66.7 Å². The van der Waals surface area contributed by atoms with Gasteiger partial charge in [-0.05, 0) is 42.0 Å². The minimum atomic E-state index is -3.66. The Morgan fingerprint density at radius 1 is 0.944 bits per heavy atom. The lowest BCUT2D eigenvalue weighted by atomic mass is 10.2. The van der Waals surface area contributed by atoms with E-state index in [4.69, 9.17) is 5.11 Å². The smallest absolute Gasteiger partial charge is 0.282 e. The normalized spacial score (nSPS) is 11.8. The van der Waals surface area contributed by atoms with Crippen molar-refractivity contribution in [3.63, 3.8) is 0 Å². The van der Waals surface area contributed by atoms with E-state index in [0.717, 1.165) is 0 Å². The molecule has 0 radical (unpaired) electrons. The van der Waals surface area contributed by atoms with E-state index in [2.05, 4.69) is 4.40 Å². The second-order valence-corrected chi connectivity index (χ2v) is 5.25. The molecular formula is C13H11NO3S. The molecule has 0 aliphatic heterocycles. The lowest BCUT2D eigenvalue weighted by molar-refractivity contribution is 0.475. The van der Waals surface area contributed by atoms with Crippen LogP contribution in [0, 0.1) is 0 Å². The maximum atomic E-state index is 11.8. The molecule has 0 unspecified atom stereocenters. The van der Waals surface area contributed by atoms with Crippen LogP contribution in [0.4, 0.5) is 0 Å². The Labute approximate surface area is 105 Å². The molecule has 92 valence electrons. The van der Waals surface area contributed by atoms with Gasteiger partial charge in [-0.2, -0.15) is 12.8 Å². The summed E-state index contributed by atoms with van der Waals surface area (Å²) < 4.78 is 27.2. The minimum Gasteiger partial charge on any atom is -0.508 e.